The van der Waals surface area contributed by atoms with Gasteiger partial charge >= 0.3 is 6.01 Å². The number of methoxy groups -OCH3 is 2. The molecule has 1 aromatic carbocycles. The first-order chi connectivity index (χ1) is 21.5. The van der Waals surface area contributed by atoms with Gasteiger partial charge < -0.3 is 28.9 Å². The standard InChI is InChI=1S/C33H52FN7O4/c1-9-41(24(4)5)31(42)26-19-25(34)12-13-28(26)45-30-29(35-32(44-8)37-36-30)39-16-14-33(20-39)21-40(22-33)27(23(2)3)11-10-15-38(6)17-18-43-7/h12-13,19,23-24,27H,9-11,14-18,20-22H2,1-8H3/t27-/m1/s1. The number of likely N-dealkylation sites (tertiary alicyclic amines) is 1. The van der Waals surface area contributed by atoms with Crippen LogP contribution in [0.25, 0.3) is 0 Å². The lowest BCUT2D eigenvalue weighted by Gasteiger charge is -2.53. The molecule has 1 amide bonds. The van der Waals surface area contributed by atoms with Crippen molar-refractivity contribution in [3.8, 4) is 17.6 Å². The van der Waals surface area contributed by atoms with Crippen molar-refractivity contribution in [1.82, 2.24) is 29.9 Å². The van der Waals surface area contributed by atoms with E-state index >= 15 is 0 Å². The molecule has 0 aliphatic carbocycles. The predicted octanol–water partition coefficient (Wildman–Crippen LogP) is 4.58. The Hall–Kier alpha value is -3.09. The number of anilines is 1. The van der Waals surface area contributed by atoms with Crippen LogP contribution >= 0.6 is 0 Å². The summed E-state index contributed by atoms with van der Waals surface area (Å²) in [7, 11) is 5.40. The number of nitrogens with zero attached hydrogens (tertiary/aromatic N) is 7. The van der Waals surface area contributed by atoms with E-state index in [0.29, 0.717) is 24.3 Å². The van der Waals surface area contributed by atoms with Gasteiger partial charge in [0.1, 0.15) is 11.6 Å². The normalized spacial score (nSPS) is 16.9. The number of rotatable bonds is 16. The molecule has 12 heteroatoms. The summed E-state index contributed by atoms with van der Waals surface area (Å²) in [5, 5.41) is 8.35. The van der Waals surface area contributed by atoms with Crippen molar-refractivity contribution in [1.29, 1.82) is 0 Å². The Morgan fingerprint density at radius 3 is 2.51 bits per heavy atom. The van der Waals surface area contributed by atoms with E-state index in [0.717, 1.165) is 58.7 Å². The number of carbonyl (C=O) groups excluding carboxylic acids is 1. The van der Waals surface area contributed by atoms with Gasteiger partial charge in [0.05, 0.1) is 19.3 Å². The minimum Gasteiger partial charge on any atom is -0.466 e. The molecule has 0 bridgehead atoms. The van der Waals surface area contributed by atoms with E-state index < -0.39 is 5.82 Å². The molecule has 3 heterocycles. The first kappa shape index (κ1) is 34.8. The van der Waals surface area contributed by atoms with E-state index in [-0.39, 0.29) is 40.6 Å². The van der Waals surface area contributed by atoms with Crippen molar-refractivity contribution in [3.05, 3.63) is 29.6 Å². The van der Waals surface area contributed by atoms with Crippen LogP contribution in [0.3, 0.4) is 0 Å². The van der Waals surface area contributed by atoms with E-state index in [2.05, 4.69) is 50.8 Å². The summed E-state index contributed by atoms with van der Waals surface area (Å²) in [6.45, 7) is 17.3. The largest absolute Gasteiger partial charge is 0.466 e. The summed E-state index contributed by atoms with van der Waals surface area (Å²) in [5.74, 6) is 0.629. The quantitative estimate of drug-likeness (QED) is 0.263. The highest BCUT2D eigenvalue weighted by atomic mass is 19.1. The van der Waals surface area contributed by atoms with E-state index in [4.69, 9.17) is 14.2 Å². The third kappa shape index (κ3) is 8.39. The molecule has 4 rings (SSSR count). The molecule has 0 saturated carbocycles. The second kappa shape index (κ2) is 15.5. The average molecular weight is 630 g/mol. The summed E-state index contributed by atoms with van der Waals surface area (Å²) in [6, 6.07) is 4.57. The van der Waals surface area contributed by atoms with Crippen molar-refractivity contribution in [2.24, 2.45) is 11.3 Å². The van der Waals surface area contributed by atoms with E-state index in [1.165, 1.54) is 31.7 Å². The second-order valence-electron chi connectivity index (χ2n) is 13.2. The zero-order valence-corrected chi connectivity index (χ0v) is 28.4. The molecule has 0 radical (unpaired) electrons. The third-order valence-electron chi connectivity index (χ3n) is 9.18. The smallest absolute Gasteiger partial charge is 0.337 e. The van der Waals surface area contributed by atoms with Crippen LogP contribution in [0.1, 0.15) is 64.2 Å². The van der Waals surface area contributed by atoms with Gasteiger partial charge in [-0.25, -0.2) is 4.39 Å². The maximum absolute atomic E-state index is 14.4. The van der Waals surface area contributed by atoms with Crippen LogP contribution in [0.4, 0.5) is 10.2 Å². The number of aromatic nitrogens is 3. The summed E-state index contributed by atoms with van der Waals surface area (Å²) < 4.78 is 31.1. The molecule has 1 atom stereocenters. The molecule has 1 aromatic heterocycles. The van der Waals surface area contributed by atoms with Gasteiger partial charge in [0.15, 0.2) is 5.82 Å². The molecule has 2 aromatic rings. The monoisotopic (exact) mass is 629 g/mol. The van der Waals surface area contributed by atoms with Crippen LogP contribution in [0.15, 0.2) is 18.2 Å². The summed E-state index contributed by atoms with van der Waals surface area (Å²) in [4.78, 5) is 26.9. The number of hydrogen-bond acceptors (Lipinski definition) is 10. The zero-order chi connectivity index (χ0) is 32.7. The molecular formula is C33H52FN7O4. The predicted molar refractivity (Wildman–Crippen MR) is 173 cm³/mol. The zero-order valence-electron chi connectivity index (χ0n) is 28.4. The molecule has 2 aliphatic rings. The molecule has 2 aliphatic heterocycles. The summed E-state index contributed by atoms with van der Waals surface area (Å²) in [5.41, 5.74) is 0.291. The van der Waals surface area contributed by atoms with E-state index in [9.17, 15) is 9.18 Å². The Morgan fingerprint density at radius 2 is 1.87 bits per heavy atom. The molecular weight excluding hydrogens is 577 g/mol. The van der Waals surface area contributed by atoms with Gasteiger partial charge in [0.2, 0.25) is 0 Å². The maximum Gasteiger partial charge on any atom is 0.337 e. The molecule has 11 nitrogen and oxygen atoms in total. The van der Waals surface area contributed by atoms with Gasteiger partial charge in [-0.05, 0) is 77.7 Å². The van der Waals surface area contributed by atoms with E-state index in [1.807, 2.05) is 20.8 Å². The highest BCUT2D eigenvalue weighted by Gasteiger charge is 2.50. The van der Waals surface area contributed by atoms with Crippen molar-refractivity contribution in [2.75, 3.05) is 78.6 Å². The number of ether oxygens (including phenoxy) is 3. The number of hydrogen-bond donors (Lipinski definition) is 0. The fourth-order valence-electron chi connectivity index (χ4n) is 6.70. The van der Waals surface area contributed by atoms with Gasteiger partial charge in [-0.3, -0.25) is 9.69 Å². The summed E-state index contributed by atoms with van der Waals surface area (Å²) in [6.07, 6.45) is 3.36. The van der Waals surface area contributed by atoms with Crippen molar-refractivity contribution in [3.63, 3.8) is 0 Å². The third-order valence-corrected chi connectivity index (χ3v) is 9.18. The van der Waals surface area contributed by atoms with Crippen molar-refractivity contribution < 1.29 is 23.4 Å². The molecule has 250 valence electrons. The SMILES string of the molecule is CCN(C(=O)c1cc(F)ccc1Oc1nnc(OC)nc1N1CCC2(C1)CN([C@H](CCCN(C)CCOC)C(C)C)C2)C(C)C. The Labute approximate surface area is 268 Å². The van der Waals surface area contributed by atoms with E-state index in [1.54, 1.807) is 12.0 Å². The van der Waals surface area contributed by atoms with Crippen LogP contribution in [0.5, 0.6) is 17.6 Å². The minimum absolute atomic E-state index is 0.0583. The first-order valence-electron chi connectivity index (χ1n) is 16.2. The molecule has 2 fully saturated rings. The Balaban J connectivity index is 1.47. The van der Waals surface area contributed by atoms with Gasteiger partial charge in [0.25, 0.3) is 11.8 Å². The van der Waals surface area contributed by atoms with Crippen molar-refractivity contribution >= 4 is 11.7 Å². The fourth-order valence-corrected chi connectivity index (χ4v) is 6.70. The fraction of sp³-hybridized carbons (Fsp3) is 0.697. The Morgan fingerprint density at radius 1 is 1.11 bits per heavy atom. The lowest BCUT2D eigenvalue weighted by molar-refractivity contribution is -0.0345. The van der Waals surface area contributed by atoms with Crippen LogP contribution in [-0.4, -0.2) is 122 Å². The highest BCUT2D eigenvalue weighted by Crippen LogP contribution is 2.45. The first-order valence-corrected chi connectivity index (χ1v) is 16.2. The lowest BCUT2D eigenvalue weighted by Crippen LogP contribution is -2.62. The van der Waals surface area contributed by atoms with Crippen LogP contribution in [-0.2, 0) is 4.74 Å². The summed E-state index contributed by atoms with van der Waals surface area (Å²) >= 11 is 0. The van der Waals surface area contributed by atoms with Crippen molar-refractivity contribution in [2.45, 2.75) is 66.0 Å². The number of halogens is 1. The van der Waals surface area contributed by atoms with Gasteiger partial charge in [-0.1, -0.05) is 18.9 Å². The maximum atomic E-state index is 14.4. The van der Waals surface area contributed by atoms with Gasteiger partial charge in [-0.2, -0.15) is 4.98 Å². The minimum atomic E-state index is -0.515. The molecule has 2 saturated heterocycles. The second-order valence-corrected chi connectivity index (χ2v) is 13.2. The van der Waals surface area contributed by atoms with Crippen LogP contribution in [0, 0.1) is 17.2 Å². The molecule has 0 N–H and O–H groups in total. The number of carbonyl (C=O) groups is 1. The topological polar surface area (TPSA) is 96.4 Å². The Bertz CT molecular complexity index is 1270. The van der Waals surface area contributed by atoms with Crippen LogP contribution < -0.4 is 14.4 Å². The molecule has 0 unspecified atom stereocenters. The Kier molecular flexibility index (Phi) is 12.0. The molecule has 1 spiro atoms. The van der Waals surface area contributed by atoms with Crippen LogP contribution in [0.2, 0.25) is 0 Å². The number of amides is 1. The lowest BCUT2D eigenvalue weighted by atomic mass is 9.76. The molecule has 45 heavy (non-hydrogen) atoms. The van der Waals surface area contributed by atoms with Gasteiger partial charge in [0, 0.05) is 63.9 Å². The highest BCUT2D eigenvalue weighted by molar-refractivity contribution is 5.97. The van der Waals surface area contributed by atoms with Gasteiger partial charge in [-0.15, -0.1) is 5.10 Å². The number of likely N-dealkylation sites (N-methyl/N-ethyl adjacent to an activating group) is 1. The number of benzene rings is 1. The average Bonchev–Trinajstić information content (AvgIpc) is 3.44.